The van der Waals surface area contributed by atoms with Gasteiger partial charge in [0, 0.05) is 31.8 Å². The third kappa shape index (κ3) is 3.58. The number of hydrogen-bond acceptors (Lipinski definition) is 3. The minimum absolute atomic E-state index is 0.139. The predicted molar refractivity (Wildman–Crippen MR) is 81.0 cm³/mol. The Morgan fingerprint density at radius 3 is 2.68 bits per heavy atom. The van der Waals surface area contributed by atoms with Gasteiger partial charge in [0.25, 0.3) is 11.5 Å². The molecule has 116 valence electrons. The van der Waals surface area contributed by atoms with Crippen LogP contribution >= 0.6 is 0 Å². The fourth-order valence-electron chi connectivity index (χ4n) is 2.08. The standard InChI is InChI=1S/C16H18FN3O2/c1-3-10-20-15(21)9-8-14(18-20)16(22)19(2)11-12-6-4-5-7-13(12)17/h4-9H,3,10-11H2,1-2H3. The molecule has 2 rings (SSSR count). The summed E-state index contributed by atoms with van der Waals surface area (Å²) in [6.07, 6.45) is 0.746. The fraction of sp³-hybridized carbons (Fsp3) is 0.312. The highest BCUT2D eigenvalue weighted by Gasteiger charge is 2.16. The van der Waals surface area contributed by atoms with Crippen molar-refractivity contribution in [1.29, 1.82) is 0 Å². The van der Waals surface area contributed by atoms with Gasteiger partial charge in [-0.2, -0.15) is 5.10 Å². The lowest BCUT2D eigenvalue weighted by Crippen LogP contribution is -2.31. The lowest BCUT2D eigenvalue weighted by molar-refractivity contribution is 0.0775. The Bertz CT molecular complexity index is 727. The van der Waals surface area contributed by atoms with Crippen molar-refractivity contribution in [3.05, 3.63) is 63.8 Å². The van der Waals surface area contributed by atoms with E-state index < -0.39 is 0 Å². The third-order valence-electron chi connectivity index (χ3n) is 3.23. The second-order valence-corrected chi connectivity index (χ2v) is 5.03. The van der Waals surface area contributed by atoms with Gasteiger partial charge in [-0.05, 0) is 18.6 Å². The van der Waals surface area contributed by atoms with Crippen LogP contribution in [-0.2, 0) is 13.1 Å². The number of amides is 1. The molecule has 22 heavy (non-hydrogen) atoms. The smallest absolute Gasteiger partial charge is 0.274 e. The van der Waals surface area contributed by atoms with E-state index in [1.807, 2.05) is 6.92 Å². The molecule has 0 aliphatic heterocycles. The number of nitrogens with zero attached hydrogens (tertiary/aromatic N) is 3. The van der Waals surface area contributed by atoms with Gasteiger partial charge < -0.3 is 4.90 Å². The van der Waals surface area contributed by atoms with Gasteiger partial charge in [-0.1, -0.05) is 25.1 Å². The molecule has 2 aromatic rings. The number of carbonyl (C=O) groups excluding carboxylic acids is 1. The number of halogens is 1. The molecule has 0 spiro atoms. The van der Waals surface area contributed by atoms with Gasteiger partial charge in [0.05, 0.1) is 0 Å². The SMILES string of the molecule is CCCn1nc(C(=O)N(C)Cc2ccccc2F)ccc1=O. The Morgan fingerprint density at radius 1 is 1.27 bits per heavy atom. The molecule has 0 saturated carbocycles. The van der Waals surface area contributed by atoms with Crippen LogP contribution in [0.25, 0.3) is 0 Å². The first-order valence-electron chi connectivity index (χ1n) is 7.10. The van der Waals surface area contributed by atoms with Crippen molar-refractivity contribution in [2.45, 2.75) is 26.4 Å². The number of rotatable bonds is 5. The highest BCUT2D eigenvalue weighted by atomic mass is 19.1. The molecule has 0 saturated heterocycles. The van der Waals surface area contributed by atoms with Crippen LogP contribution in [0, 0.1) is 5.82 Å². The van der Waals surface area contributed by atoms with E-state index in [4.69, 9.17) is 0 Å². The molecule has 0 fully saturated rings. The maximum absolute atomic E-state index is 13.6. The Balaban J connectivity index is 2.19. The van der Waals surface area contributed by atoms with Crippen LogP contribution < -0.4 is 5.56 Å². The number of hydrogen-bond donors (Lipinski definition) is 0. The van der Waals surface area contributed by atoms with E-state index >= 15 is 0 Å². The van der Waals surface area contributed by atoms with Crippen molar-refractivity contribution in [3.8, 4) is 0 Å². The lowest BCUT2D eigenvalue weighted by Gasteiger charge is -2.17. The van der Waals surface area contributed by atoms with Crippen molar-refractivity contribution in [2.24, 2.45) is 0 Å². The van der Waals surface area contributed by atoms with Crippen molar-refractivity contribution in [3.63, 3.8) is 0 Å². The summed E-state index contributed by atoms with van der Waals surface area (Å²) in [5, 5.41) is 4.07. The molecule has 6 heteroatoms. The molecule has 0 atom stereocenters. The highest BCUT2D eigenvalue weighted by molar-refractivity contribution is 5.91. The van der Waals surface area contributed by atoms with Crippen molar-refractivity contribution in [2.75, 3.05) is 7.05 Å². The summed E-state index contributed by atoms with van der Waals surface area (Å²) in [4.78, 5) is 25.3. The van der Waals surface area contributed by atoms with Crippen LogP contribution in [0.5, 0.6) is 0 Å². The third-order valence-corrected chi connectivity index (χ3v) is 3.23. The monoisotopic (exact) mass is 303 g/mol. The topological polar surface area (TPSA) is 55.2 Å². The zero-order valence-electron chi connectivity index (χ0n) is 12.6. The van der Waals surface area contributed by atoms with E-state index in [9.17, 15) is 14.0 Å². The van der Waals surface area contributed by atoms with Crippen LogP contribution in [0.2, 0.25) is 0 Å². The first-order valence-corrected chi connectivity index (χ1v) is 7.10. The zero-order chi connectivity index (χ0) is 16.1. The molecular weight excluding hydrogens is 285 g/mol. The van der Waals surface area contributed by atoms with Crippen molar-refractivity contribution in [1.82, 2.24) is 14.7 Å². The van der Waals surface area contributed by atoms with E-state index in [2.05, 4.69) is 5.10 Å². The molecule has 0 unspecified atom stereocenters. The van der Waals surface area contributed by atoms with Gasteiger partial charge in [0.1, 0.15) is 11.5 Å². The van der Waals surface area contributed by atoms with Gasteiger partial charge in [0.2, 0.25) is 0 Å². The molecule has 0 bridgehead atoms. The first kappa shape index (κ1) is 15.9. The Morgan fingerprint density at radius 2 is 2.00 bits per heavy atom. The van der Waals surface area contributed by atoms with E-state index in [-0.39, 0.29) is 29.5 Å². The second kappa shape index (κ2) is 6.98. The Hall–Kier alpha value is -2.50. The molecule has 0 aliphatic carbocycles. The number of carbonyl (C=O) groups is 1. The molecule has 1 aromatic carbocycles. The zero-order valence-corrected chi connectivity index (χ0v) is 12.6. The maximum Gasteiger partial charge on any atom is 0.274 e. The average Bonchev–Trinajstić information content (AvgIpc) is 2.51. The molecule has 1 amide bonds. The number of aromatic nitrogens is 2. The van der Waals surface area contributed by atoms with Crippen molar-refractivity contribution >= 4 is 5.91 Å². The number of aryl methyl sites for hydroxylation is 1. The molecule has 5 nitrogen and oxygen atoms in total. The Labute approximate surface area is 128 Å². The second-order valence-electron chi connectivity index (χ2n) is 5.03. The largest absolute Gasteiger partial charge is 0.336 e. The summed E-state index contributed by atoms with van der Waals surface area (Å²) in [6, 6.07) is 9.03. The van der Waals surface area contributed by atoms with Gasteiger partial charge in [-0.25, -0.2) is 9.07 Å². The van der Waals surface area contributed by atoms with E-state index in [1.54, 1.807) is 25.2 Å². The van der Waals surface area contributed by atoms with Crippen LogP contribution in [-0.4, -0.2) is 27.6 Å². The molecule has 1 aromatic heterocycles. The van der Waals surface area contributed by atoms with E-state index in [0.717, 1.165) is 6.42 Å². The van der Waals surface area contributed by atoms with Gasteiger partial charge in [-0.15, -0.1) is 0 Å². The summed E-state index contributed by atoms with van der Waals surface area (Å²) >= 11 is 0. The maximum atomic E-state index is 13.6. The van der Waals surface area contributed by atoms with Crippen LogP contribution in [0.4, 0.5) is 4.39 Å². The summed E-state index contributed by atoms with van der Waals surface area (Å²) in [5.74, 6) is -0.709. The normalized spacial score (nSPS) is 10.5. The molecule has 1 heterocycles. The first-order chi connectivity index (χ1) is 10.5. The quantitative estimate of drug-likeness (QED) is 0.849. The summed E-state index contributed by atoms with van der Waals surface area (Å²) < 4.78 is 14.9. The highest BCUT2D eigenvalue weighted by Crippen LogP contribution is 2.10. The summed E-state index contributed by atoms with van der Waals surface area (Å²) in [6.45, 7) is 2.52. The lowest BCUT2D eigenvalue weighted by atomic mass is 10.2. The molecule has 0 aliphatic rings. The van der Waals surface area contributed by atoms with Crippen LogP contribution in [0.1, 0.15) is 29.4 Å². The molecule has 0 radical (unpaired) electrons. The number of benzene rings is 1. The summed E-state index contributed by atoms with van der Waals surface area (Å²) in [7, 11) is 1.58. The van der Waals surface area contributed by atoms with Gasteiger partial charge >= 0.3 is 0 Å². The predicted octanol–water partition coefficient (Wildman–Crippen LogP) is 2.06. The fourth-order valence-corrected chi connectivity index (χ4v) is 2.08. The Kier molecular flexibility index (Phi) is 5.04. The van der Waals surface area contributed by atoms with E-state index in [0.29, 0.717) is 12.1 Å². The van der Waals surface area contributed by atoms with Gasteiger partial charge in [-0.3, -0.25) is 9.59 Å². The molecule has 0 N–H and O–H groups in total. The van der Waals surface area contributed by atoms with Crippen molar-refractivity contribution < 1.29 is 9.18 Å². The van der Waals surface area contributed by atoms with Crippen LogP contribution in [0.15, 0.2) is 41.2 Å². The van der Waals surface area contributed by atoms with Crippen LogP contribution in [0.3, 0.4) is 0 Å². The van der Waals surface area contributed by atoms with Gasteiger partial charge in [0.15, 0.2) is 0 Å². The minimum Gasteiger partial charge on any atom is -0.336 e. The summed E-state index contributed by atoms with van der Waals surface area (Å²) in [5.41, 5.74) is 0.363. The average molecular weight is 303 g/mol. The minimum atomic E-state index is -0.355. The van der Waals surface area contributed by atoms with E-state index in [1.165, 1.54) is 27.8 Å². The molecular formula is C16H18FN3O2.